The molecule has 5 nitrogen and oxygen atoms in total. The first-order chi connectivity index (χ1) is 8.69. The van der Waals surface area contributed by atoms with Crippen molar-refractivity contribution >= 4 is 17.5 Å². The molecular formula is C13H15N3O2. The highest BCUT2D eigenvalue weighted by molar-refractivity contribution is 6.39. The number of unbranched alkanes of at least 4 members (excludes halogenated alkanes) is 1. The Kier molecular flexibility index (Phi) is 5.39. The highest BCUT2D eigenvalue weighted by Crippen LogP contribution is 2.12. The lowest BCUT2D eigenvalue weighted by Gasteiger charge is -2.07. The minimum absolute atomic E-state index is 0.326. The van der Waals surface area contributed by atoms with E-state index in [1.807, 2.05) is 13.0 Å². The van der Waals surface area contributed by atoms with Crippen LogP contribution in [0.2, 0.25) is 0 Å². The van der Waals surface area contributed by atoms with E-state index in [0.717, 1.165) is 12.8 Å². The minimum Gasteiger partial charge on any atom is -0.348 e. The van der Waals surface area contributed by atoms with E-state index in [1.165, 1.54) is 0 Å². The predicted octanol–water partition coefficient (Wildman–Crippen LogP) is 1.41. The molecule has 0 bridgehead atoms. The molecule has 1 rings (SSSR count). The molecule has 0 radical (unpaired) electrons. The van der Waals surface area contributed by atoms with Crippen molar-refractivity contribution in [3.05, 3.63) is 29.8 Å². The lowest BCUT2D eigenvalue weighted by Crippen LogP contribution is -2.36. The summed E-state index contributed by atoms with van der Waals surface area (Å²) in [6.07, 6.45) is 1.77. The van der Waals surface area contributed by atoms with Crippen LogP contribution < -0.4 is 10.6 Å². The maximum atomic E-state index is 11.5. The van der Waals surface area contributed by atoms with Crippen LogP contribution in [0.15, 0.2) is 24.3 Å². The Labute approximate surface area is 106 Å². The number of nitrogens with one attached hydrogen (secondary N) is 2. The van der Waals surface area contributed by atoms with Crippen LogP contribution in [0, 0.1) is 11.3 Å². The van der Waals surface area contributed by atoms with Crippen LogP contribution in [-0.4, -0.2) is 18.4 Å². The Morgan fingerprint density at radius 2 is 2.00 bits per heavy atom. The Morgan fingerprint density at radius 3 is 2.67 bits per heavy atom. The molecule has 1 aromatic carbocycles. The lowest BCUT2D eigenvalue weighted by molar-refractivity contribution is -0.136. The average Bonchev–Trinajstić information content (AvgIpc) is 2.39. The Hall–Kier alpha value is -2.35. The molecule has 0 atom stereocenters. The summed E-state index contributed by atoms with van der Waals surface area (Å²) in [4.78, 5) is 23.0. The smallest absolute Gasteiger partial charge is 0.313 e. The van der Waals surface area contributed by atoms with Gasteiger partial charge in [-0.25, -0.2) is 0 Å². The third-order valence-electron chi connectivity index (χ3n) is 2.32. The van der Waals surface area contributed by atoms with Crippen molar-refractivity contribution in [3.8, 4) is 6.07 Å². The van der Waals surface area contributed by atoms with E-state index < -0.39 is 11.8 Å². The first-order valence-electron chi connectivity index (χ1n) is 5.77. The molecule has 1 aromatic rings. The SMILES string of the molecule is CCCCNC(=O)C(=O)Nc1ccccc1C#N. The summed E-state index contributed by atoms with van der Waals surface area (Å²) < 4.78 is 0. The molecule has 94 valence electrons. The molecule has 0 fully saturated rings. The number of benzene rings is 1. The third kappa shape index (κ3) is 3.91. The zero-order chi connectivity index (χ0) is 13.4. The molecule has 0 spiro atoms. The average molecular weight is 245 g/mol. The molecule has 0 aliphatic carbocycles. The quantitative estimate of drug-likeness (QED) is 0.621. The number of para-hydroxylation sites is 1. The van der Waals surface area contributed by atoms with Crippen LogP contribution in [0.1, 0.15) is 25.3 Å². The van der Waals surface area contributed by atoms with E-state index in [4.69, 9.17) is 5.26 Å². The summed E-state index contributed by atoms with van der Waals surface area (Å²) in [5, 5.41) is 13.8. The summed E-state index contributed by atoms with van der Waals surface area (Å²) in [6.45, 7) is 2.47. The van der Waals surface area contributed by atoms with Crippen molar-refractivity contribution in [1.82, 2.24) is 5.32 Å². The highest BCUT2D eigenvalue weighted by Gasteiger charge is 2.14. The van der Waals surface area contributed by atoms with Gasteiger partial charge in [0, 0.05) is 6.54 Å². The summed E-state index contributed by atoms with van der Waals surface area (Å²) in [5.74, 6) is -1.44. The van der Waals surface area contributed by atoms with Gasteiger partial charge in [0.05, 0.1) is 11.3 Å². The maximum absolute atomic E-state index is 11.5. The van der Waals surface area contributed by atoms with Crippen molar-refractivity contribution in [3.63, 3.8) is 0 Å². The van der Waals surface area contributed by atoms with Gasteiger partial charge in [-0.1, -0.05) is 25.5 Å². The van der Waals surface area contributed by atoms with Crippen LogP contribution >= 0.6 is 0 Å². The molecule has 2 amide bonds. The minimum atomic E-state index is -0.756. The van der Waals surface area contributed by atoms with Gasteiger partial charge in [-0.3, -0.25) is 9.59 Å². The number of hydrogen-bond donors (Lipinski definition) is 2. The Bertz CT molecular complexity index is 477. The number of amides is 2. The fraction of sp³-hybridized carbons (Fsp3) is 0.308. The number of anilines is 1. The topological polar surface area (TPSA) is 82.0 Å². The monoisotopic (exact) mass is 245 g/mol. The second-order valence-corrected chi connectivity index (χ2v) is 3.72. The molecule has 0 saturated carbocycles. The van der Waals surface area contributed by atoms with Gasteiger partial charge in [-0.2, -0.15) is 5.26 Å². The molecule has 5 heteroatoms. The number of hydrogen-bond acceptors (Lipinski definition) is 3. The molecule has 0 unspecified atom stereocenters. The maximum Gasteiger partial charge on any atom is 0.313 e. The standard InChI is InChI=1S/C13H15N3O2/c1-2-3-8-15-12(17)13(18)16-11-7-5-4-6-10(11)9-14/h4-7H,2-3,8H2,1H3,(H,15,17)(H,16,18). The molecule has 0 saturated heterocycles. The van der Waals surface area contributed by atoms with Crippen LogP contribution in [0.5, 0.6) is 0 Å². The van der Waals surface area contributed by atoms with Crippen LogP contribution in [0.3, 0.4) is 0 Å². The fourth-order valence-corrected chi connectivity index (χ4v) is 1.33. The van der Waals surface area contributed by atoms with Gasteiger partial charge in [0.2, 0.25) is 0 Å². The van der Waals surface area contributed by atoms with E-state index in [-0.39, 0.29) is 0 Å². The van der Waals surface area contributed by atoms with Crippen molar-refractivity contribution in [2.45, 2.75) is 19.8 Å². The number of nitrogens with zero attached hydrogens (tertiary/aromatic N) is 1. The second-order valence-electron chi connectivity index (χ2n) is 3.72. The van der Waals surface area contributed by atoms with Crippen LogP contribution in [0.25, 0.3) is 0 Å². The van der Waals surface area contributed by atoms with Gasteiger partial charge in [-0.05, 0) is 18.6 Å². The van der Waals surface area contributed by atoms with Gasteiger partial charge in [0.25, 0.3) is 0 Å². The summed E-state index contributed by atoms with van der Waals surface area (Å²) >= 11 is 0. The van der Waals surface area contributed by atoms with Crippen molar-refractivity contribution in [2.24, 2.45) is 0 Å². The summed E-state index contributed by atoms with van der Waals surface area (Å²) in [7, 11) is 0. The molecule has 0 aliphatic rings. The normalized spacial score (nSPS) is 9.33. The van der Waals surface area contributed by atoms with Crippen molar-refractivity contribution < 1.29 is 9.59 Å². The first-order valence-corrected chi connectivity index (χ1v) is 5.77. The van der Waals surface area contributed by atoms with Gasteiger partial charge in [-0.15, -0.1) is 0 Å². The molecular weight excluding hydrogens is 230 g/mol. The second kappa shape index (κ2) is 7.07. The van der Waals surface area contributed by atoms with E-state index in [0.29, 0.717) is 17.8 Å². The zero-order valence-corrected chi connectivity index (χ0v) is 10.2. The van der Waals surface area contributed by atoms with Crippen molar-refractivity contribution in [2.75, 3.05) is 11.9 Å². The number of carbonyl (C=O) groups excluding carboxylic acids is 2. The highest BCUT2D eigenvalue weighted by atomic mass is 16.2. The molecule has 0 aromatic heterocycles. The fourth-order valence-electron chi connectivity index (χ4n) is 1.33. The van der Waals surface area contributed by atoms with Gasteiger partial charge >= 0.3 is 11.8 Å². The predicted molar refractivity (Wildman–Crippen MR) is 67.7 cm³/mol. The largest absolute Gasteiger partial charge is 0.348 e. The summed E-state index contributed by atoms with van der Waals surface area (Å²) in [6, 6.07) is 8.47. The number of nitriles is 1. The van der Waals surface area contributed by atoms with E-state index in [9.17, 15) is 9.59 Å². The van der Waals surface area contributed by atoms with Gasteiger partial charge in [0.1, 0.15) is 6.07 Å². The molecule has 18 heavy (non-hydrogen) atoms. The van der Waals surface area contributed by atoms with Crippen LogP contribution in [-0.2, 0) is 9.59 Å². The Balaban J connectivity index is 2.59. The van der Waals surface area contributed by atoms with E-state index in [2.05, 4.69) is 10.6 Å². The third-order valence-corrected chi connectivity index (χ3v) is 2.32. The number of rotatable bonds is 4. The van der Waals surface area contributed by atoms with Gasteiger partial charge in [0.15, 0.2) is 0 Å². The van der Waals surface area contributed by atoms with Crippen LogP contribution in [0.4, 0.5) is 5.69 Å². The number of carbonyl (C=O) groups is 2. The Morgan fingerprint density at radius 1 is 1.28 bits per heavy atom. The molecule has 2 N–H and O–H groups in total. The zero-order valence-electron chi connectivity index (χ0n) is 10.2. The van der Waals surface area contributed by atoms with E-state index in [1.54, 1.807) is 24.3 Å². The lowest BCUT2D eigenvalue weighted by atomic mass is 10.2. The first kappa shape index (κ1) is 13.7. The van der Waals surface area contributed by atoms with Crippen molar-refractivity contribution in [1.29, 1.82) is 5.26 Å². The molecule has 0 aliphatic heterocycles. The van der Waals surface area contributed by atoms with E-state index >= 15 is 0 Å². The van der Waals surface area contributed by atoms with Gasteiger partial charge < -0.3 is 10.6 Å². The summed E-state index contributed by atoms with van der Waals surface area (Å²) in [5.41, 5.74) is 0.669. The molecule has 0 heterocycles.